The number of phenols is 2. The Hall–Kier alpha value is -2.96. The van der Waals surface area contributed by atoms with E-state index in [1.54, 1.807) is 45.9 Å². The molecular weight excluding hydrogens is 629 g/mol. The van der Waals surface area contributed by atoms with Gasteiger partial charge < -0.3 is 44.5 Å². The van der Waals surface area contributed by atoms with Crippen molar-refractivity contribution in [2.24, 2.45) is 5.92 Å². The van der Waals surface area contributed by atoms with Gasteiger partial charge in [0.25, 0.3) is 0 Å². The number of ether oxygens (including phenoxy) is 4. The molecule has 11 heteroatoms. The molecule has 2 aliphatic heterocycles. The quantitative estimate of drug-likeness (QED) is 0.186. The van der Waals surface area contributed by atoms with E-state index in [1.807, 2.05) is 12.1 Å². The van der Waals surface area contributed by atoms with Gasteiger partial charge in [-0.05, 0) is 65.6 Å². The van der Waals surface area contributed by atoms with Gasteiger partial charge in [-0.1, -0.05) is 41.0 Å². The predicted octanol–water partition coefficient (Wildman–Crippen LogP) is 6.11. The molecule has 1 aliphatic carbocycles. The van der Waals surface area contributed by atoms with Crippen LogP contribution in [0, 0.1) is 5.92 Å². The summed E-state index contributed by atoms with van der Waals surface area (Å²) in [6, 6.07) is 10.5. The summed E-state index contributed by atoms with van der Waals surface area (Å²) in [5.74, 6) is 2.70. The number of aliphatic hydroxyl groups excluding tert-OH is 3. The summed E-state index contributed by atoms with van der Waals surface area (Å²) in [6.07, 6.45) is 1.02. The van der Waals surface area contributed by atoms with E-state index >= 15 is 0 Å². The van der Waals surface area contributed by atoms with Gasteiger partial charge in [-0.15, -0.1) is 0 Å². The van der Waals surface area contributed by atoms with Crippen LogP contribution in [0.15, 0.2) is 36.4 Å². The largest absolute Gasteiger partial charge is 0.508 e. The van der Waals surface area contributed by atoms with Crippen LogP contribution in [0.4, 0.5) is 0 Å². The van der Waals surface area contributed by atoms with Crippen LogP contribution in [-0.2, 0) is 0 Å². The third kappa shape index (κ3) is 5.96. The highest BCUT2D eigenvalue weighted by atomic mass is 33.1. The molecule has 2 bridgehead atoms. The SMILES string of the molecule is COc1cc([C@@H]2Oc3cc(OCCO)c4c5c3[C@@H](CSSCC[C@@H](C)CC[C@@H](c3cc(O)ccc3-4)[C@@H]5CO)[C@H]2O)cc(OC)c1O. The molecule has 0 unspecified atom stereocenters. The molecule has 0 fully saturated rings. The Morgan fingerprint density at radius 2 is 1.65 bits per heavy atom. The van der Waals surface area contributed by atoms with E-state index in [4.69, 9.17) is 18.9 Å². The average Bonchev–Trinajstić information content (AvgIpc) is 3.06. The van der Waals surface area contributed by atoms with Crippen molar-refractivity contribution < 1.29 is 44.5 Å². The molecule has 6 atom stereocenters. The first-order chi connectivity index (χ1) is 22.3. The molecule has 0 saturated heterocycles. The van der Waals surface area contributed by atoms with Gasteiger partial charge in [0.2, 0.25) is 5.75 Å². The number of methoxy groups -OCH3 is 2. The van der Waals surface area contributed by atoms with E-state index < -0.39 is 12.2 Å². The molecule has 3 aliphatic rings. The highest BCUT2D eigenvalue weighted by Crippen LogP contribution is 2.60. The Morgan fingerprint density at radius 1 is 0.891 bits per heavy atom. The second-order valence-electron chi connectivity index (χ2n) is 12.3. The van der Waals surface area contributed by atoms with Crippen molar-refractivity contribution in [3.8, 4) is 45.6 Å². The molecular formula is C35H42O9S2. The zero-order valence-corrected chi connectivity index (χ0v) is 27.9. The molecule has 46 heavy (non-hydrogen) atoms. The number of hydrogen-bond donors (Lipinski definition) is 5. The van der Waals surface area contributed by atoms with Crippen LogP contribution in [0.25, 0.3) is 11.1 Å². The molecule has 3 aromatic rings. The first-order valence-corrected chi connectivity index (χ1v) is 18.2. The van der Waals surface area contributed by atoms with Crippen molar-refractivity contribution in [1.29, 1.82) is 0 Å². The molecule has 248 valence electrons. The first-order valence-electron chi connectivity index (χ1n) is 15.7. The lowest BCUT2D eigenvalue weighted by Crippen LogP contribution is -2.37. The Kier molecular flexibility index (Phi) is 10.1. The summed E-state index contributed by atoms with van der Waals surface area (Å²) in [7, 11) is 6.44. The maximum Gasteiger partial charge on any atom is 0.200 e. The zero-order chi connectivity index (χ0) is 32.5. The second kappa shape index (κ2) is 14.0. The summed E-state index contributed by atoms with van der Waals surface area (Å²) in [5, 5.41) is 54.3. The normalized spacial score (nSPS) is 25.6. The van der Waals surface area contributed by atoms with Gasteiger partial charge in [0, 0.05) is 46.1 Å². The highest BCUT2D eigenvalue weighted by molar-refractivity contribution is 8.76. The molecule has 0 amide bonds. The number of fused-ring (bicyclic) bond motifs is 4. The lowest BCUT2D eigenvalue weighted by molar-refractivity contribution is 0.00384. The Morgan fingerprint density at radius 3 is 2.35 bits per heavy atom. The minimum atomic E-state index is -0.990. The molecule has 6 rings (SSSR count). The van der Waals surface area contributed by atoms with Gasteiger partial charge in [0.1, 0.15) is 30.0 Å². The maximum atomic E-state index is 12.2. The van der Waals surface area contributed by atoms with Gasteiger partial charge in [0.15, 0.2) is 17.6 Å². The van der Waals surface area contributed by atoms with Gasteiger partial charge >= 0.3 is 0 Å². The Labute approximate surface area is 277 Å². The van der Waals surface area contributed by atoms with Crippen molar-refractivity contribution in [3.05, 3.63) is 58.7 Å². The van der Waals surface area contributed by atoms with Crippen LogP contribution in [0.3, 0.4) is 0 Å². The number of rotatable bonds is 7. The number of aliphatic hydroxyl groups is 3. The summed E-state index contributed by atoms with van der Waals surface area (Å²) >= 11 is 0. The van der Waals surface area contributed by atoms with Crippen molar-refractivity contribution in [2.45, 2.75) is 56.1 Å². The summed E-state index contributed by atoms with van der Waals surface area (Å²) in [5.41, 5.74) is 4.97. The monoisotopic (exact) mass is 670 g/mol. The highest BCUT2D eigenvalue weighted by Gasteiger charge is 2.46. The smallest absolute Gasteiger partial charge is 0.200 e. The van der Waals surface area contributed by atoms with Gasteiger partial charge in [0.05, 0.1) is 27.4 Å². The van der Waals surface area contributed by atoms with E-state index in [0.717, 1.165) is 52.8 Å². The number of benzene rings is 3. The van der Waals surface area contributed by atoms with Crippen molar-refractivity contribution in [2.75, 3.05) is 45.5 Å². The molecule has 3 aromatic carbocycles. The molecule has 9 nitrogen and oxygen atoms in total. The van der Waals surface area contributed by atoms with Crippen LogP contribution >= 0.6 is 21.6 Å². The fourth-order valence-electron chi connectivity index (χ4n) is 7.31. The standard InChI is InChI=1S/C35H42O9S2/c1-18-4-6-21-23-14-20(38)5-7-22(23)30-26(43-10-9-36)15-27-31(32(30)24(21)16-37)25(17-46-45-11-8-18)33(39)35(44-27)19-12-28(41-2)34(40)29(13-19)42-3/h5,7,12-15,18,21,24-25,33,35-40H,4,6,8-11,16-17H2,1-3H3/t18-,21-,24-,25+,33+,35-/m0/s1. The lowest BCUT2D eigenvalue weighted by atomic mass is 9.66. The van der Waals surface area contributed by atoms with Crippen LogP contribution in [0.5, 0.6) is 34.5 Å². The second-order valence-corrected chi connectivity index (χ2v) is 14.9. The Balaban J connectivity index is 1.61. The third-order valence-corrected chi connectivity index (χ3v) is 12.1. The van der Waals surface area contributed by atoms with Crippen LogP contribution in [0.2, 0.25) is 0 Å². The minimum absolute atomic E-state index is 0.0533. The number of aromatic hydroxyl groups is 2. The van der Waals surface area contributed by atoms with Gasteiger partial charge in [-0.2, -0.15) is 0 Å². The van der Waals surface area contributed by atoms with Crippen LogP contribution < -0.4 is 18.9 Å². The van der Waals surface area contributed by atoms with E-state index in [1.165, 1.54) is 14.2 Å². The van der Waals surface area contributed by atoms with E-state index in [-0.39, 0.29) is 60.6 Å². The molecule has 2 heterocycles. The molecule has 0 radical (unpaired) electrons. The molecule has 0 saturated carbocycles. The molecule has 5 N–H and O–H groups in total. The van der Waals surface area contributed by atoms with E-state index in [0.29, 0.717) is 28.7 Å². The summed E-state index contributed by atoms with van der Waals surface area (Å²) in [4.78, 5) is 0. The van der Waals surface area contributed by atoms with Crippen LogP contribution in [0.1, 0.15) is 72.3 Å². The lowest BCUT2D eigenvalue weighted by Gasteiger charge is -2.43. The topological polar surface area (TPSA) is 138 Å². The van der Waals surface area contributed by atoms with Crippen molar-refractivity contribution in [3.63, 3.8) is 0 Å². The zero-order valence-electron chi connectivity index (χ0n) is 26.3. The number of phenolic OH excluding ortho intramolecular Hbond substituents is 2. The molecule has 0 spiro atoms. The predicted molar refractivity (Wildman–Crippen MR) is 180 cm³/mol. The summed E-state index contributed by atoms with van der Waals surface area (Å²) in [6.45, 7) is 1.99. The van der Waals surface area contributed by atoms with Crippen molar-refractivity contribution >= 4 is 21.6 Å². The number of hydrogen-bond acceptors (Lipinski definition) is 11. The fourth-order valence-corrected chi connectivity index (χ4v) is 9.90. The Bertz CT molecular complexity index is 1540. The van der Waals surface area contributed by atoms with E-state index in [9.17, 15) is 25.5 Å². The summed E-state index contributed by atoms with van der Waals surface area (Å²) < 4.78 is 23.7. The van der Waals surface area contributed by atoms with Crippen molar-refractivity contribution in [1.82, 2.24) is 0 Å². The minimum Gasteiger partial charge on any atom is -0.508 e. The van der Waals surface area contributed by atoms with Gasteiger partial charge in [-0.25, -0.2) is 0 Å². The molecule has 0 aromatic heterocycles. The average molecular weight is 671 g/mol. The van der Waals surface area contributed by atoms with Gasteiger partial charge in [-0.3, -0.25) is 0 Å². The maximum absolute atomic E-state index is 12.2. The first kappa shape index (κ1) is 33.0. The third-order valence-electron chi connectivity index (χ3n) is 9.61. The fraction of sp³-hybridized carbons (Fsp3) is 0.486. The van der Waals surface area contributed by atoms with E-state index in [2.05, 4.69) is 6.92 Å². The van der Waals surface area contributed by atoms with Crippen LogP contribution in [-0.4, -0.2) is 77.2 Å².